The Morgan fingerprint density at radius 3 is 2.70 bits per heavy atom. The molecular formula is C38H57NO5. The van der Waals surface area contributed by atoms with Crippen LogP contribution in [-0.4, -0.2) is 39.5 Å². The van der Waals surface area contributed by atoms with Crippen molar-refractivity contribution in [1.82, 2.24) is 4.98 Å². The molecule has 4 aliphatic carbocycles. The first-order valence-electron chi connectivity index (χ1n) is 17.7. The molecule has 2 N–H and O–H groups in total. The third-order valence-electron chi connectivity index (χ3n) is 11.8. The van der Waals surface area contributed by atoms with Crippen molar-refractivity contribution in [3.63, 3.8) is 0 Å². The second kappa shape index (κ2) is 14.1. The summed E-state index contributed by atoms with van der Waals surface area (Å²) < 4.78 is 12.5. The van der Waals surface area contributed by atoms with Crippen molar-refractivity contribution >= 4 is 5.97 Å². The van der Waals surface area contributed by atoms with Gasteiger partial charge in [0.15, 0.2) is 0 Å². The van der Waals surface area contributed by atoms with Crippen molar-refractivity contribution in [2.24, 2.45) is 23.2 Å². The summed E-state index contributed by atoms with van der Waals surface area (Å²) in [6.45, 7) is 13.3. The van der Waals surface area contributed by atoms with Gasteiger partial charge in [0.05, 0.1) is 23.8 Å². The summed E-state index contributed by atoms with van der Waals surface area (Å²) in [5.74, 6) is 3.34. The Morgan fingerprint density at radius 2 is 1.98 bits per heavy atom. The quantitative estimate of drug-likeness (QED) is 0.219. The van der Waals surface area contributed by atoms with E-state index in [-0.39, 0.29) is 22.9 Å². The second-order valence-electron chi connectivity index (χ2n) is 14.8. The van der Waals surface area contributed by atoms with Crippen LogP contribution in [0.15, 0.2) is 46.1 Å². The minimum absolute atomic E-state index is 0.0982. The van der Waals surface area contributed by atoms with Gasteiger partial charge in [-0.15, -0.1) is 0 Å². The number of hydrogen-bond donors (Lipinski definition) is 2. The Morgan fingerprint density at radius 1 is 1.18 bits per heavy atom. The van der Waals surface area contributed by atoms with Crippen LogP contribution in [0.5, 0.6) is 0 Å². The monoisotopic (exact) mass is 607 g/mol. The van der Waals surface area contributed by atoms with Gasteiger partial charge in [0.2, 0.25) is 5.89 Å². The molecule has 6 heteroatoms. The maximum atomic E-state index is 12.8. The zero-order valence-corrected chi connectivity index (χ0v) is 27.8. The Bertz CT molecular complexity index is 1220. The first kappa shape index (κ1) is 33.2. The summed E-state index contributed by atoms with van der Waals surface area (Å²) in [7, 11) is 0. The zero-order valence-electron chi connectivity index (χ0n) is 27.8. The number of fused-ring (bicyclic) bond motifs is 1. The van der Waals surface area contributed by atoms with E-state index in [0.717, 1.165) is 80.6 Å². The number of carbonyl (C=O) groups is 1. The van der Waals surface area contributed by atoms with Crippen molar-refractivity contribution in [2.45, 2.75) is 154 Å². The van der Waals surface area contributed by atoms with Crippen LogP contribution in [0.2, 0.25) is 0 Å². The van der Waals surface area contributed by atoms with E-state index in [1.165, 1.54) is 31.3 Å². The topological polar surface area (TPSA) is 92.8 Å². The molecule has 0 bridgehead atoms. The molecule has 0 radical (unpaired) electrons. The first-order valence-corrected chi connectivity index (χ1v) is 17.7. The fourth-order valence-corrected chi connectivity index (χ4v) is 8.98. The van der Waals surface area contributed by atoms with Crippen LogP contribution in [0.4, 0.5) is 0 Å². The minimum Gasteiger partial charge on any atom is -0.461 e. The molecule has 1 heterocycles. The van der Waals surface area contributed by atoms with Crippen LogP contribution in [0.25, 0.3) is 0 Å². The summed E-state index contributed by atoms with van der Waals surface area (Å²) in [5, 5.41) is 20.5. The predicted molar refractivity (Wildman–Crippen MR) is 174 cm³/mol. The van der Waals surface area contributed by atoms with Gasteiger partial charge in [-0.1, -0.05) is 58.4 Å². The molecule has 0 unspecified atom stereocenters. The number of aromatic nitrogens is 1. The number of allylic oxidation sites excluding steroid dienone is 3. The molecule has 0 amide bonds. The van der Waals surface area contributed by atoms with Crippen molar-refractivity contribution < 1.29 is 24.2 Å². The molecule has 4 saturated carbocycles. The van der Waals surface area contributed by atoms with Gasteiger partial charge >= 0.3 is 5.97 Å². The molecule has 0 saturated heterocycles. The number of oxazole rings is 1. The number of esters is 1. The maximum absolute atomic E-state index is 12.8. The van der Waals surface area contributed by atoms with Gasteiger partial charge in [-0.2, -0.15) is 0 Å². The highest BCUT2D eigenvalue weighted by atomic mass is 16.5. The molecule has 1 aromatic heterocycles. The molecule has 4 fully saturated rings. The molecule has 7 atom stereocenters. The summed E-state index contributed by atoms with van der Waals surface area (Å²) >= 11 is 0. The van der Waals surface area contributed by atoms with Gasteiger partial charge in [0.1, 0.15) is 11.9 Å². The molecule has 6 nitrogen and oxygen atoms in total. The average Bonchev–Trinajstić information content (AvgIpc) is 3.51. The Hall–Kier alpha value is -2.18. The molecule has 244 valence electrons. The Kier molecular flexibility index (Phi) is 10.6. The van der Waals surface area contributed by atoms with E-state index < -0.39 is 12.2 Å². The lowest BCUT2D eigenvalue weighted by molar-refractivity contribution is -0.152. The highest BCUT2D eigenvalue weighted by Crippen LogP contribution is 2.60. The fourth-order valence-electron chi connectivity index (χ4n) is 8.98. The second-order valence-corrected chi connectivity index (χ2v) is 14.8. The molecule has 5 rings (SSSR count). The lowest BCUT2D eigenvalue weighted by atomic mass is 9.60. The smallest absolute Gasteiger partial charge is 0.306 e. The molecule has 0 aromatic carbocycles. The molecule has 44 heavy (non-hydrogen) atoms. The molecule has 0 spiro atoms. The first-order chi connectivity index (χ1) is 21.1. The fraction of sp³-hybridized carbons (Fsp3) is 0.737. The lowest BCUT2D eigenvalue weighted by Crippen LogP contribution is -2.37. The average molecular weight is 608 g/mol. The summed E-state index contributed by atoms with van der Waals surface area (Å²) in [6, 6.07) is 0. The third kappa shape index (κ3) is 6.97. The van der Waals surface area contributed by atoms with Crippen LogP contribution < -0.4 is 0 Å². The Labute approximate surface area is 265 Å². The highest BCUT2D eigenvalue weighted by Gasteiger charge is 2.57. The number of aryl methyl sites for hydroxylation is 1. The molecular weight excluding hydrogens is 550 g/mol. The van der Waals surface area contributed by atoms with Crippen LogP contribution in [0.3, 0.4) is 0 Å². The molecule has 1 aromatic rings. The standard InChI is InChI=1S/C38H57NO5/c1-6-8-12-30-24-39-36(43-30)38(20-21-38)34(44-35(42)10-7-2)18-13-25(3)31-16-17-32-27(11-9-19-37(31,32)5)14-15-28-22-29(40)23-33(41)26(28)4/h14-15,24-25,29,31-34,40-41H,4,6-13,16-23H2,1-3,5H3/t25-,29-,31-,32+,33+,34+,37-/m1/s1. The van der Waals surface area contributed by atoms with E-state index in [2.05, 4.69) is 39.5 Å². The van der Waals surface area contributed by atoms with E-state index in [0.29, 0.717) is 37.0 Å². The number of aliphatic hydroxyl groups is 2. The number of aliphatic hydroxyl groups excluding tert-OH is 2. The van der Waals surface area contributed by atoms with Gasteiger partial charge < -0.3 is 19.4 Å². The zero-order chi connectivity index (χ0) is 31.5. The van der Waals surface area contributed by atoms with Gasteiger partial charge in [-0.25, -0.2) is 4.98 Å². The summed E-state index contributed by atoms with van der Waals surface area (Å²) in [4.78, 5) is 17.5. The lowest BCUT2D eigenvalue weighted by Gasteiger charge is -2.44. The molecule has 4 aliphatic rings. The van der Waals surface area contributed by atoms with Crippen molar-refractivity contribution in [3.05, 3.63) is 53.3 Å². The highest BCUT2D eigenvalue weighted by molar-refractivity contribution is 5.69. The number of unbranched alkanes of at least 4 members (excludes halogenated alkanes) is 1. The minimum atomic E-state index is -0.650. The molecule has 0 aliphatic heterocycles. The van der Waals surface area contributed by atoms with Crippen LogP contribution in [0.1, 0.15) is 136 Å². The van der Waals surface area contributed by atoms with Gasteiger partial charge in [0, 0.05) is 19.3 Å². The Balaban J connectivity index is 1.28. The van der Waals surface area contributed by atoms with E-state index in [9.17, 15) is 15.0 Å². The summed E-state index contributed by atoms with van der Waals surface area (Å²) in [6.07, 6.45) is 20.1. The van der Waals surface area contributed by atoms with E-state index in [4.69, 9.17) is 14.1 Å². The van der Waals surface area contributed by atoms with E-state index >= 15 is 0 Å². The van der Waals surface area contributed by atoms with Crippen LogP contribution >= 0.6 is 0 Å². The number of carbonyl (C=O) groups excluding carboxylic acids is 1. The van der Waals surface area contributed by atoms with Crippen molar-refractivity contribution in [1.29, 1.82) is 0 Å². The summed E-state index contributed by atoms with van der Waals surface area (Å²) in [5.41, 5.74) is 3.25. The number of nitrogens with zero attached hydrogens (tertiary/aromatic N) is 1. The van der Waals surface area contributed by atoms with Crippen LogP contribution in [0, 0.1) is 23.2 Å². The number of ether oxygens (including phenoxy) is 1. The third-order valence-corrected chi connectivity index (χ3v) is 11.8. The van der Waals surface area contributed by atoms with E-state index in [1.54, 1.807) is 0 Å². The van der Waals surface area contributed by atoms with Gasteiger partial charge in [-0.3, -0.25) is 4.79 Å². The number of rotatable bonds is 13. The van der Waals surface area contributed by atoms with Crippen molar-refractivity contribution in [3.8, 4) is 0 Å². The predicted octanol–water partition coefficient (Wildman–Crippen LogP) is 8.32. The van der Waals surface area contributed by atoms with Crippen molar-refractivity contribution in [2.75, 3.05) is 0 Å². The maximum Gasteiger partial charge on any atom is 0.306 e. The normalized spacial score (nSPS) is 32.9. The van der Waals surface area contributed by atoms with Gasteiger partial charge in [-0.05, 0) is 111 Å². The van der Waals surface area contributed by atoms with Crippen LogP contribution in [-0.2, 0) is 21.4 Å². The van der Waals surface area contributed by atoms with E-state index in [1.807, 2.05) is 13.1 Å². The van der Waals surface area contributed by atoms with Gasteiger partial charge in [0.25, 0.3) is 0 Å². The largest absolute Gasteiger partial charge is 0.461 e. The number of hydrogen-bond acceptors (Lipinski definition) is 6. The SMILES string of the molecule is C=C1C(=CC=C2CCC[C@]3(C)[C@@H]([C@H](C)CC[C@H](OC(=O)CCC)C4(c5ncc(CCCC)o5)CC4)CC[C@@H]23)C[C@@H](O)C[C@@H]1O.